The van der Waals surface area contributed by atoms with Gasteiger partial charge >= 0.3 is 0 Å². The predicted molar refractivity (Wildman–Crippen MR) is 87.3 cm³/mol. The topological polar surface area (TPSA) is 21.3 Å². The molecule has 0 amide bonds. The largest absolute Gasteiger partial charge is 0.380 e. The first kappa shape index (κ1) is 14.4. The number of benzene rings is 1. The molecule has 0 saturated heterocycles. The van der Waals surface area contributed by atoms with Gasteiger partial charge in [0.05, 0.1) is 11.8 Å². The molecule has 2 saturated carbocycles. The van der Waals surface area contributed by atoms with Gasteiger partial charge in [0.1, 0.15) is 0 Å². The Labute approximate surface area is 130 Å². The zero-order valence-electron chi connectivity index (χ0n) is 12.6. The normalized spacial score (nSPS) is 27.0. The third-order valence-electron chi connectivity index (χ3n) is 5.19. The van der Waals surface area contributed by atoms with Gasteiger partial charge in [-0.15, -0.1) is 0 Å². The summed E-state index contributed by atoms with van der Waals surface area (Å²) in [5, 5.41) is 3.80. The van der Waals surface area contributed by atoms with Crippen molar-refractivity contribution in [1.82, 2.24) is 0 Å². The fourth-order valence-corrected chi connectivity index (χ4v) is 4.70. The Bertz CT molecular complexity index is 487. The highest BCUT2D eigenvalue weighted by molar-refractivity contribution is 9.10. The summed E-state index contributed by atoms with van der Waals surface area (Å²) >= 11 is 3.71. The second kappa shape index (κ2) is 5.34. The number of halogens is 1. The number of rotatable bonds is 4. The molecule has 2 nitrogen and oxygen atoms in total. The van der Waals surface area contributed by atoms with Gasteiger partial charge in [0.15, 0.2) is 0 Å². The Morgan fingerprint density at radius 1 is 1.35 bits per heavy atom. The van der Waals surface area contributed by atoms with Crippen molar-refractivity contribution in [1.29, 1.82) is 0 Å². The highest BCUT2D eigenvalue weighted by atomic mass is 79.9. The Morgan fingerprint density at radius 2 is 2.10 bits per heavy atom. The molecule has 2 atom stereocenters. The van der Waals surface area contributed by atoms with Crippen molar-refractivity contribution in [2.75, 3.05) is 11.9 Å². The van der Waals surface area contributed by atoms with Crippen LogP contribution in [-0.4, -0.2) is 18.8 Å². The Balaban J connectivity index is 1.76. The van der Waals surface area contributed by atoms with Crippen molar-refractivity contribution in [3.05, 3.63) is 27.7 Å². The quantitative estimate of drug-likeness (QED) is 0.849. The first-order valence-electron chi connectivity index (χ1n) is 7.71. The molecule has 110 valence electrons. The standard InChI is InChI=1S/C17H24BrNO/c1-4-20-15-10-14(17(15)6-5-7-17)19-16-12(3)8-11(2)9-13(16)18/h8-9,14-15,19H,4-7,10H2,1-3H3. The highest BCUT2D eigenvalue weighted by Crippen LogP contribution is 2.58. The van der Waals surface area contributed by atoms with Gasteiger partial charge in [-0.25, -0.2) is 0 Å². The van der Waals surface area contributed by atoms with Gasteiger partial charge in [-0.3, -0.25) is 0 Å². The van der Waals surface area contributed by atoms with Gasteiger partial charge in [0, 0.05) is 22.5 Å². The molecular weight excluding hydrogens is 314 g/mol. The summed E-state index contributed by atoms with van der Waals surface area (Å²) in [6.45, 7) is 7.27. The maximum atomic E-state index is 5.93. The fraction of sp³-hybridized carbons (Fsp3) is 0.647. The molecule has 20 heavy (non-hydrogen) atoms. The zero-order chi connectivity index (χ0) is 14.3. The maximum Gasteiger partial charge on any atom is 0.0670 e. The van der Waals surface area contributed by atoms with Crippen LogP contribution in [0, 0.1) is 19.3 Å². The van der Waals surface area contributed by atoms with E-state index in [0.717, 1.165) is 13.0 Å². The van der Waals surface area contributed by atoms with Crippen molar-refractivity contribution in [3.8, 4) is 0 Å². The van der Waals surface area contributed by atoms with Crippen LogP contribution in [-0.2, 0) is 4.74 Å². The number of anilines is 1. The number of hydrogen-bond donors (Lipinski definition) is 1. The van der Waals surface area contributed by atoms with E-state index in [1.165, 1.54) is 40.5 Å². The Kier molecular flexibility index (Phi) is 3.85. The molecule has 2 aliphatic rings. The summed E-state index contributed by atoms with van der Waals surface area (Å²) in [6.07, 6.45) is 5.61. The lowest BCUT2D eigenvalue weighted by molar-refractivity contribution is -0.157. The third kappa shape index (κ3) is 2.19. The van der Waals surface area contributed by atoms with E-state index in [2.05, 4.69) is 54.2 Å². The van der Waals surface area contributed by atoms with Gasteiger partial charge in [0.25, 0.3) is 0 Å². The maximum absolute atomic E-state index is 5.93. The van der Waals surface area contributed by atoms with Crippen molar-refractivity contribution in [2.45, 2.75) is 58.6 Å². The van der Waals surface area contributed by atoms with Gasteiger partial charge in [-0.1, -0.05) is 12.5 Å². The van der Waals surface area contributed by atoms with Crippen LogP contribution in [0.25, 0.3) is 0 Å². The minimum absolute atomic E-state index is 0.410. The molecular formula is C17H24BrNO. The molecule has 1 aromatic carbocycles. The van der Waals surface area contributed by atoms with Gasteiger partial charge in [-0.2, -0.15) is 0 Å². The summed E-state index contributed by atoms with van der Waals surface area (Å²) in [5.74, 6) is 0. The monoisotopic (exact) mass is 337 g/mol. The summed E-state index contributed by atoms with van der Waals surface area (Å²) in [7, 11) is 0. The van der Waals surface area contributed by atoms with E-state index in [4.69, 9.17) is 4.74 Å². The van der Waals surface area contributed by atoms with Crippen LogP contribution in [0.1, 0.15) is 43.7 Å². The van der Waals surface area contributed by atoms with Crippen LogP contribution in [0.15, 0.2) is 16.6 Å². The molecule has 2 unspecified atom stereocenters. The van der Waals surface area contributed by atoms with E-state index in [1.54, 1.807) is 0 Å². The first-order chi connectivity index (χ1) is 9.56. The SMILES string of the molecule is CCOC1CC(Nc2c(C)cc(C)cc2Br)C12CCC2. The van der Waals surface area contributed by atoms with Crippen molar-refractivity contribution in [2.24, 2.45) is 5.41 Å². The first-order valence-corrected chi connectivity index (χ1v) is 8.51. The Morgan fingerprint density at radius 3 is 2.65 bits per heavy atom. The van der Waals surface area contributed by atoms with Crippen LogP contribution in [0.4, 0.5) is 5.69 Å². The van der Waals surface area contributed by atoms with E-state index < -0.39 is 0 Å². The minimum Gasteiger partial charge on any atom is -0.380 e. The van der Waals surface area contributed by atoms with Crippen molar-refractivity contribution < 1.29 is 4.74 Å². The van der Waals surface area contributed by atoms with Crippen molar-refractivity contribution >= 4 is 21.6 Å². The van der Waals surface area contributed by atoms with Gasteiger partial charge in [0.2, 0.25) is 0 Å². The van der Waals surface area contributed by atoms with Gasteiger partial charge < -0.3 is 10.1 Å². The minimum atomic E-state index is 0.410. The number of nitrogens with one attached hydrogen (secondary N) is 1. The lowest BCUT2D eigenvalue weighted by Crippen LogP contribution is -2.64. The molecule has 0 radical (unpaired) electrons. The lowest BCUT2D eigenvalue weighted by Gasteiger charge is -2.61. The summed E-state index contributed by atoms with van der Waals surface area (Å²) < 4.78 is 7.12. The van der Waals surface area contributed by atoms with Crippen LogP contribution < -0.4 is 5.32 Å². The summed E-state index contributed by atoms with van der Waals surface area (Å²) in [4.78, 5) is 0. The molecule has 0 aliphatic heterocycles. The van der Waals surface area contributed by atoms with Crippen LogP contribution in [0.2, 0.25) is 0 Å². The molecule has 1 aromatic rings. The molecule has 0 bridgehead atoms. The third-order valence-corrected chi connectivity index (χ3v) is 5.81. The van der Waals surface area contributed by atoms with Crippen LogP contribution in [0.3, 0.4) is 0 Å². The average molecular weight is 338 g/mol. The Hall–Kier alpha value is -0.540. The average Bonchev–Trinajstić information content (AvgIpc) is 2.28. The lowest BCUT2D eigenvalue weighted by atomic mass is 9.51. The molecule has 0 heterocycles. The van der Waals surface area contributed by atoms with Crippen LogP contribution in [0.5, 0.6) is 0 Å². The second-order valence-electron chi connectivity index (χ2n) is 6.40. The second-order valence-corrected chi connectivity index (χ2v) is 7.26. The van der Waals surface area contributed by atoms with Crippen LogP contribution >= 0.6 is 15.9 Å². The van der Waals surface area contributed by atoms with E-state index >= 15 is 0 Å². The molecule has 3 rings (SSSR count). The van der Waals surface area contributed by atoms with Gasteiger partial charge in [-0.05, 0) is 73.2 Å². The summed E-state index contributed by atoms with van der Waals surface area (Å²) in [5.41, 5.74) is 4.30. The fourth-order valence-electron chi connectivity index (χ4n) is 3.91. The van der Waals surface area contributed by atoms with E-state index in [1.807, 2.05) is 0 Å². The van der Waals surface area contributed by atoms with E-state index in [9.17, 15) is 0 Å². The zero-order valence-corrected chi connectivity index (χ0v) is 14.2. The molecule has 2 aliphatic carbocycles. The smallest absolute Gasteiger partial charge is 0.0670 e. The van der Waals surface area contributed by atoms with E-state index in [0.29, 0.717) is 17.6 Å². The number of hydrogen-bond acceptors (Lipinski definition) is 2. The van der Waals surface area contributed by atoms with Crippen molar-refractivity contribution in [3.63, 3.8) is 0 Å². The van der Waals surface area contributed by atoms with E-state index in [-0.39, 0.29) is 0 Å². The molecule has 1 N–H and O–H groups in total. The predicted octanol–water partition coefficient (Wildman–Crippen LogP) is 4.83. The highest BCUT2D eigenvalue weighted by Gasteiger charge is 2.59. The number of ether oxygens (including phenoxy) is 1. The molecule has 0 aromatic heterocycles. The molecule has 1 spiro atoms. The summed E-state index contributed by atoms with van der Waals surface area (Å²) in [6, 6.07) is 5.02. The molecule has 3 heteroatoms. The molecule has 2 fully saturated rings. The number of aryl methyl sites for hydroxylation is 2.